The molecule has 0 spiro atoms. The minimum Gasteiger partial charge on any atom is -0.338 e. The highest BCUT2D eigenvalue weighted by Crippen LogP contribution is 2.28. The van der Waals surface area contributed by atoms with Gasteiger partial charge in [-0.2, -0.15) is 0 Å². The Morgan fingerprint density at radius 2 is 2.00 bits per heavy atom. The molecule has 3 rings (SSSR count). The number of likely N-dealkylation sites (tertiary alicyclic amines) is 1. The number of carbonyl (C=O) groups is 1. The van der Waals surface area contributed by atoms with Crippen LogP contribution >= 0.6 is 0 Å². The van der Waals surface area contributed by atoms with Crippen LogP contribution in [-0.2, 0) is 0 Å². The second-order valence-electron chi connectivity index (χ2n) is 6.34. The van der Waals surface area contributed by atoms with E-state index in [2.05, 4.69) is 5.32 Å². The first-order chi connectivity index (χ1) is 11.0. The van der Waals surface area contributed by atoms with E-state index in [0.29, 0.717) is 19.1 Å². The lowest BCUT2D eigenvalue weighted by Crippen LogP contribution is -2.45. The van der Waals surface area contributed by atoms with Crippen LogP contribution in [0.4, 0.5) is 10.1 Å². The van der Waals surface area contributed by atoms with E-state index in [-0.39, 0.29) is 5.56 Å². The number of nitro groups is 1. The number of halogens is 1. The summed E-state index contributed by atoms with van der Waals surface area (Å²) >= 11 is 0. The van der Waals surface area contributed by atoms with Gasteiger partial charge in [-0.1, -0.05) is 0 Å². The summed E-state index contributed by atoms with van der Waals surface area (Å²) in [7, 11) is 0. The van der Waals surface area contributed by atoms with Crippen LogP contribution in [0, 0.1) is 21.8 Å². The van der Waals surface area contributed by atoms with Gasteiger partial charge in [-0.15, -0.1) is 0 Å². The predicted molar refractivity (Wildman–Crippen MR) is 82.7 cm³/mol. The van der Waals surface area contributed by atoms with Gasteiger partial charge >= 0.3 is 0 Å². The number of hydrogen-bond donors (Lipinski definition) is 1. The van der Waals surface area contributed by atoms with E-state index >= 15 is 0 Å². The molecule has 1 saturated carbocycles. The van der Waals surface area contributed by atoms with Gasteiger partial charge in [0.05, 0.1) is 11.0 Å². The normalized spacial score (nSPS) is 18.9. The van der Waals surface area contributed by atoms with Crippen molar-refractivity contribution in [1.29, 1.82) is 0 Å². The topological polar surface area (TPSA) is 75.5 Å². The minimum absolute atomic E-state index is 0.0409. The Kier molecular flexibility index (Phi) is 4.56. The molecule has 2 aliphatic rings. The zero-order valence-corrected chi connectivity index (χ0v) is 12.8. The fourth-order valence-electron chi connectivity index (χ4n) is 2.95. The maximum atomic E-state index is 13.2. The van der Waals surface area contributed by atoms with E-state index in [9.17, 15) is 19.3 Å². The SMILES string of the molecule is O=C(c1ccc(F)cc1[N+](=O)[O-])N1CCC(NCC2CC2)CC1. The lowest BCUT2D eigenvalue weighted by atomic mass is 10.0. The van der Waals surface area contributed by atoms with E-state index in [1.165, 1.54) is 18.9 Å². The van der Waals surface area contributed by atoms with Crippen LogP contribution in [-0.4, -0.2) is 41.4 Å². The summed E-state index contributed by atoms with van der Waals surface area (Å²) in [4.78, 5) is 24.4. The van der Waals surface area contributed by atoms with Gasteiger partial charge in [0.15, 0.2) is 0 Å². The van der Waals surface area contributed by atoms with Crippen molar-refractivity contribution in [2.75, 3.05) is 19.6 Å². The number of benzene rings is 1. The van der Waals surface area contributed by atoms with E-state index in [1.54, 1.807) is 4.90 Å². The first-order valence-corrected chi connectivity index (χ1v) is 8.01. The number of rotatable bonds is 5. The summed E-state index contributed by atoms with van der Waals surface area (Å²) in [5, 5.41) is 14.6. The molecule has 1 amide bonds. The van der Waals surface area contributed by atoms with Crippen LogP contribution in [0.15, 0.2) is 18.2 Å². The Labute approximate surface area is 133 Å². The van der Waals surface area contributed by atoms with Gasteiger partial charge in [0, 0.05) is 19.1 Å². The van der Waals surface area contributed by atoms with E-state index in [4.69, 9.17) is 0 Å². The Hall–Kier alpha value is -2.02. The summed E-state index contributed by atoms with van der Waals surface area (Å²) in [6, 6.07) is 3.50. The van der Waals surface area contributed by atoms with Crippen LogP contribution in [0.25, 0.3) is 0 Å². The van der Waals surface area contributed by atoms with Crippen LogP contribution in [0.3, 0.4) is 0 Å². The maximum Gasteiger partial charge on any atom is 0.285 e. The average Bonchev–Trinajstić information content (AvgIpc) is 3.37. The first kappa shape index (κ1) is 15.9. The molecule has 7 heteroatoms. The predicted octanol–water partition coefficient (Wildman–Crippen LogP) is 2.34. The zero-order valence-electron chi connectivity index (χ0n) is 12.8. The molecule has 1 N–H and O–H groups in total. The molecule has 0 atom stereocenters. The molecule has 2 fully saturated rings. The molecular weight excluding hydrogens is 301 g/mol. The third kappa shape index (κ3) is 3.85. The fourth-order valence-corrected chi connectivity index (χ4v) is 2.95. The summed E-state index contributed by atoms with van der Waals surface area (Å²) in [6.07, 6.45) is 4.29. The third-order valence-corrected chi connectivity index (χ3v) is 4.56. The van der Waals surface area contributed by atoms with Crippen LogP contribution in [0.1, 0.15) is 36.0 Å². The summed E-state index contributed by atoms with van der Waals surface area (Å²) < 4.78 is 13.2. The van der Waals surface area contributed by atoms with E-state index < -0.39 is 22.3 Å². The summed E-state index contributed by atoms with van der Waals surface area (Å²) in [5.74, 6) is -0.287. The molecule has 1 aromatic rings. The molecule has 1 saturated heterocycles. The number of nitrogens with zero attached hydrogens (tertiary/aromatic N) is 2. The molecule has 1 aliphatic heterocycles. The highest BCUT2D eigenvalue weighted by molar-refractivity contribution is 5.98. The molecule has 0 radical (unpaired) electrons. The summed E-state index contributed by atoms with van der Waals surface area (Å²) in [6.45, 7) is 2.17. The smallest absolute Gasteiger partial charge is 0.285 e. The summed E-state index contributed by atoms with van der Waals surface area (Å²) in [5.41, 5.74) is -0.509. The number of nitrogens with one attached hydrogen (secondary N) is 1. The molecule has 0 aromatic heterocycles. The zero-order chi connectivity index (χ0) is 16.4. The molecule has 1 aliphatic carbocycles. The van der Waals surface area contributed by atoms with Crippen molar-refractivity contribution in [2.24, 2.45) is 5.92 Å². The molecule has 6 nitrogen and oxygen atoms in total. The fraction of sp³-hybridized carbons (Fsp3) is 0.562. The second kappa shape index (κ2) is 6.62. The van der Waals surface area contributed by atoms with Crippen LogP contribution in [0.5, 0.6) is 0 Å². The Morgan fingerprint density at radius 3 is 2.61 bits per heavy atom. The number of amides is 1. The largest absolute Gasteiger partial charge is 0.338 e. The van der Waals surface area contributed by atoms with Gasteiger partial charge in [-0.3, -0.25) is 14.9 Å². The van der Waals surface area contributed by atoms with Crippen molar-refractivity contribution < 1.29 is 14.1 Å². The molecule has 1 heterocycles. The van der Waals surface area contributed by atoms with Crippen molar-refractivity contribution >= 4 is 11.6 Å². The standard InChI is InChI=1S/C16H20FN3O3/c17-12-3-4-14(15(9-12)20(22)23)16(21)19-7-5-13(6-8-19)18-10-11-1-2-11/h3-4,9,11,13,18H,1-2,5-8,10H2. The maximum absolute atomic E-state index is 13.2. The minimum atomic E-state index is -0.712. The highest BCUT2D eigenvalue weighted by atomic mass is 19.1. The molecule has 1 aromatic carbocycles. The molecule has 0 bridgehead atoms. The quantitative estimate of drug-likeness (QED) is 0.667. The Balaban J connectivity index is 1.61. The average molecular weight is 321 g/mol. The molecule has 0 unspecified atom stereocenters. The number of carbonyl (C=O) groups excluding carboxylic acids is 1. The Bertz CT molecular complexity index is 611. The van der Waals surface area contributed by atoms with Crippen molar-refractivity contribution in [3.8, 4) is 0 Å². The number of hydrogen-bond acceptors (Lipinski definition) is 4. The van der Waals surface area contributed by atoms with E-state index in [1.807, 2.05) is 0 Å². The van der Waals surface area contributed by atoms with Crippen molar-refractivity contribution in [3.05, 3.63) is 39.7 Å². The number of nitro benzene ring substituents is 1. The van der Waals surface area contributed by atoms with Gasteiger partial charge < -0.3 is 10.2 Å². The van der Waals surface area contributed by atoms with Gasteiger partial charge in [-0.05, 0) is 50.3 Å². The van der Waals surface area contributed by atoms with Gasteiger partial charge in [0.1, 0.15) is 11.4 Å². The van der Waals surface area contributed by atoms with Crippen molar-refractivity contribution in [1.82, 2.24) is 10.2 Å². The lowest BCUT2D eigenvalue weighted by molar-refractivity contribution is -0.385. The van der Waals surface area contributed by atoms with Gasteiger partial charge in [0.25, 0.3) is 11.6 Å². The van der Waals surface area contributed by atoms with Gasteiger partial charge in [0.2, 0.25) is 0 Å². The van der Waals surface area contributed by atoms with Crippen molar-refractivity contribution in [2.45, 2.75) is 31.7 Å². The monoisotopic (exact) mass is 321 g/mol. The first-order valence-electron chi connectivity index (χ1n) is 8.01. The lowest BCUT2D eigenvalue weighted by Gasteiger charge is -2.32. The Morgan fingerprint density at radius 1 is 1.30 bits per heavy atom. The number of piperidine rings is 1. The van der Waals surface area contributed by atoms with Gasteiger partial charge in [-0.25, -0.2) is 4.39 Å². The molecule has 124 valence electrons. The molecule has 23 heavy (non-hydrogen) atoms. The third-order valence-electron chi connectivity index (χ3n) is 4.56. The van der Waals surface area contributed by atoms with Crippen LogP contribution < -0.4 is 5.32 Å². The van der Waals surface area contributed by atoms with Crippen LogP contribution in [0.2, 0.25) is 0 Å². The van der Waals surface area contributed by atoms with E-state index in [0.717, 1.165) is 37.4 Å². The second-order valence-corrected chi connectivity index (χ2v) is 6.34. The highest BCUT2D eigenvalue weighted by Gasteiger charge is 2.29. The molecular formula is C16H20FN3O3. The van der Waals surface area contributed by atoms with Crippen molar-refractivity contribution in [3.63, 3.8) is 0 Å².